The van der Waals surface area contributed by atoms with Crippen molar-refractivity contribution in [1.29, 1.82) is 0 Å². The first-order valence-electron chi connectivity index (χ1n) is 11.1. The van der Waals surface area contributed by atoms with Crippen LogP contribution in [0.2, 0.25) is 0 Å². The lowest BCUT2D eigenvalue weighted by Gasteiger charge is -2.57. The van der Waals surface area contributed by atoms with Gasteiger partial charge in [-0.25, -0.2) is 4.39 Å². The fraction of sp³-hybridized carbons (Fsp3) is 0.750. The largest absolute Gasteiger partial charge is 0.462 e. The van der Waals surface area contributed by atoms with Crippen molar-refractivity contribution in [3.8, 4) is 0 Å². The molecule has 0 aromatic carbocycles. The third-order valence-corrected chi connectivity index (χ3v) is 8.91. The number of hydrogen-bond acceptors (Lipinski definition) is 4. The van der Waals surface area contributed by atoms with E-state index in [4.69, 9.17) is 16.3 Å². The molecular weight excluding hydrogens is 407 g/mol. The molecule has 8 atom stereocenters. The second-order valence-electron chi connectivity index (χ2n) is 10.4. The van der Waals surface area contributed by atoms with E-state index in [1.54, 1.807) is 13.8 Å². The maximum absolute atomic E-state index is 15.5. The molecule has 0 bridgehead atoms. The number of alkyl halides is 1. The molecule has 4 aliphatic rings. The first-order chi connectivity index (χ1) is 14.0. The highest BCUT2D eigenvalue weighted by Gasteiger charge is 2.62. The van der Waals surface area contributed by atoms with Gasteiger partial charge in [-0.15, -0.1) is 0 Å². The molecule has 0 amide bonds. The Morgan fingerprint density at radius 3 is 2.70 bits per heavy atom. The van der Waals surface area contributed by atoms with Gasteiger partial charge in [0.05, 0.1) is 17.6 Å². The van der Waals surface area contributed by atoms with Gasteiger partial charge < -0.3 is 9.84 Å². The second-order valence-corrected chi connectivity index (χ2v) is 10.8. The van der Waals surface area contributed by atoms with Crippen LogP contribution in [0.25, 0.3) is 0 Å². The van der Waals surface area contributed by atoms with Crippen molar-refractivity contribution in [3.63, 3.8) is 0 Å². The molecule has 0 aromatic heterocycles. The van der Waals surface area contributed by atoms with Crippen molar-refractivity contribution in [2.45, 2.75) is 84.6 Å². The quantitative estimate of drug-likeness (QED) is 0.638. The van der Waals surface area contributed by atoms with Gasteiger partial charge in [-0.2, -0.15) is 0 Å². The Morgan fingerprint density at radius 1 is 1.33 bits per heavy atom. The average molecular weight is 439 g/mol. The van der Waals surface area contributed by atoms with Gasteiger partial charge in [0.15, 0.2) is 5.78 Å². The molecule has 30 heavy (non-hydrogen) atoms. The fourth-order valence-corrected chi connectivity index (χ4v) is 7.69. The molecular formula is C24H32ClFO4. The molecule has 4 nitrogen and oxygen atoms in total. The standard InChI is InChI=1S/C24H32ClFO4/c1-12-11-24(4)16-7-8-23(3)15(5-6-18(23)30-19(28)9-13(2)27)14(16)10-17(26)20(24)21(25)22(12)29/h11,13-18,27H,5-10H2,1-4H3/t13?,14-,15-,16-,17-,18+,23-,24+/m0/s1. The summed E-state index contributed by atoms with van der Waals surface area (Å²) in [6.07, 6.45) is 3.66. The van der Waals surface area contributed by atoms with Gasteiger partial charge in [0.25, 0.3) is 0 Å². The van der Waals surface area contributed by atoms with Gasteiger partial charge >= 0.3 is 5.97 Å². The molecule has 3 fully saturated rings. The third-order valence-electron chi connectivity index (χ3n) is 8.54. The van der Waals surface area contributed by atoms with Crippen LogP contribution in [0.3, 0.4) is 0 Å². The lowest BCUT2D eigenvalue weighted by Crippen LogP contribution is -2.53. The Hall–Kier alpha value is -1.20. The number of rotatable bonds is 3. The van der Waals surface area contributed by atoms with E-state index in [9.17, 15) is 14.7 Å². The van der Waals surface area contributed by atoms with E-state index < -0.39 is 17.7 Å². The molecule has 166 valence electrons. The zero-order valence-corrected chi connectivity index (χ0v) is 19.0. The smallest absolute Gasteiger partial charge is 0.308 e. The Labute approximate surface area is 182 Å². The van der Waals surface area contributed by atoms with E-state index in [2.05, 4.69) is 6.92 Å². The van der Waals surface area contributed by atoms with Crippen LogP contribution in [-0.4, -0.2) is 35.2 Å². The second kappa shape index (κ2) is 7.44. The van der Waals surface area contributed by atoms with E-state index in [0.29, 0.717) is 17.6 Å². The number of carbonyl (C=O) groups excluding carboxylic acids is 2. The molecule has 1 N–H and O–H groups in total. The van der Waals surface area contributed by atoms with Crippen LogP contribution in [0.4, 0.5) is 4.39 Å². The number of fused-ring (bicyclic) bond motifs is 5. The molecule has 0 spiro atoms. The van der Waals surface area contributed by atoms with Crippen molar-refractivity contribution < 1.29 is 23.8 Å². The van der Waals surface area contributed by atoms with E-state index in [1.165, 1.54) is 0 Å². The summed E-state index contributed by atoms with van der Waals surface area (Å²) in [4.78, 5) is 24.6. The first kappa shape index (κ1) is 22.0. The van der Waals surface area contributed by atoms with Crippen LogP contribution in [0.5, 0.6) is 0 Å². The monoisotopic (exact) mass is 438 g/mol. The summed E-state index contributed by atoms with van der Waals surface area (Å²) in [5, 5.41) is 9.57. The van der Waals surface area contributed by atoms with Gasteiger partial charge in [-0.3, -0.25) is 9.59 Å². The van der Waals surface area contributed by atoms with Crippen LogP contribution in [-0.2, 0) is 14.3 Å². The number of ketones is 1. The molecule has 1 unspecified atom stereocenters. The van der Waals surface area contributed by atoms with Crippen LogP contribution >= 0.6 is 11.6 Å². The SMILES string of the molecule is CC1=C[C@@]2(C)C(=C(Cl)C1=O)[C@@H](F)C[C@H]1[C@@H]3CC[C@@H](OC(=O)CC(C)O)[C@@]3(C)CC[C@@H]12. The van der Waals surface area contributed by atoms with E-state index in [1.807, 2.05) is 13.0 Å². The fourth-order valence-electron chi connectivity index (χ4n) is 7.22. The molecule has 3 saturated carbocycles. The average Bonchev–Trinajstić information content (AvgIpc) is 2.95. The molecule has 0 saturated heterocycles. The van der Waals surface area contributed by atoms with Gasteiger partial charge in [0.2, 0.25) is 0 Å². The number of hydrogen-bond donors (Lipinski definition) is 1. The van der Waals surface area contributed by atoms with Gasteiger partial charge in [0.1, 0.15) is 12.3 Å². The van der Waals surface area contributed by atoms with Crippen LogP contribution in [0, 0.1) is 28.6 Å². The lowest BCUT2D eigenvalue weighted by molar-refractivity contribution is -0.161. The van der Waals surface area contributed by atoms with Crippen molar-refractivity contribution in [1.82, 2.24) is 0 Å². The number of aliphatic hydroxyl groups is 1. The predicted octanol–water partition coefficient (Wildman–Crippen LogP) is 4.88. The maximum Gasteiger partial charge on any atom is 0.308 e. The molecule has 6 heteroatoms. The zero-order valence-electron chi connectivity index (χ0n) is 18.2. The zero-order chi connectivity index (χ0) is 22.0. The molecule has 0 radical (unpaired) electrons. The van der Waals surface area contributed by atoms with E-state index in [0.717, 1.165) is 25.7 Å². The normalized spacial score (nSPS) is 44.0. The number of aliphatic hydroxyl groups excluding tert-OH is 1. The number of allylic oxidation sites excluding steroid dienone is 4. The molecule has 4 rings (SSSR count). The summed E-state index contributed by atoms with van der Waals surface area (Å²) >= 11 is 6.38. The molecule has 0 heterocycles. The Kier molecular flexibility index (Phi) is 5.46. The van der Waals surface area contributed by atoms with E-state index >= 15 is 4.39 Å². The van der Waals surface area contributed by atoms with Crippen LogP contribution in [0.15, 0.2) is 22.3 Å². The Balaban J connectivity index is 1.63. The minimum absolute atomic E-state index is 0.00131. The van der Waals surface area contributed by atoms with Crippen molar-refractivity contribution in [3.05, 3.63) is 22.3 Å². The van der Waals surface area contributed by atoms with Gasteiger partial charge in [-0.1, -0.05) is 31.5 Å². The van der Waals surface area contributed by atoms with Crippen molar-refractivity contribution >= 4 is 23.4 Å². The van der Waals surface area contributed by atoms with E-state index in [-0.39, 0.29) is 52.5 Å². The summed E-state index contributed by atoms with van der Waals surface area (Å²) in [7, 11) is 0. The van der Waals surface area contributed by atoms with Crippen molar-refractivity contribution in [2.24, 2.45) is 28.6 Å². The number of halogens is 2. The third kappa shape index (κ3) is 3.19. The number of esters is 1. The summed E-state index contributed by atoms with van der Waals surface area (Å²) in [6, 6.07) is 0. The minimum Gasteiger partial charge on any atom is -0.462 e. The summed E-state index contributed by atoms with van der Waals surface area (Å²) in [6.45, 7) is 7.57. The Bertz CT molecular complexity index is 833. The summed E-state index contributed by atoms with van der Waals surface area (Å²) < 4.78 is 21.3. The summed E-state index contributed by atoms with van der Waals surface area (Å²) in [5.74, 6) is 0.0366. The predicted molar refractivity (Wildman–Crippen MR) is 112 cm³/mol. The molecule has 0 aliphatic heterocycles. The lowest BCUT2D eigenvalue weighted by atomic mass is 9.47. The molecule has 4 aliphatic carbocycles. The number of Topliss-reactive ketones (excluding diaryl/α,β-unsaturated/α-hetero) is 1. The van der Waals surface area contributed by atoms with Crippen LogP contribution in [0.1, 0.15) is 66.2 Å². The highest BCUT2D eigenvalue weighted by molar-refractivity contribution is 6.46. The number of ether oxygens (including phenoxy) is 1. The minimum atomic E-state index is -1.23. The highest BCUT2D eigenvalue weighted by atomic mass is 35.5. The van der Waals surface area contributed by atoms with Gasteiger partial charge in [-0.05, 0) is 74.9 Å². The topological polar surface area (TPSA) is 63.6 Å². The van der Waals surface area contributed by atoms with Crippen molar-refractivity contribution in [2.75, 3.05) is 0 Å². The van der Waals surface area contributed by atoms with Crippen LogP contribution < -0.4 is 0 Å². The maximum atomic E-state index is 15.5. The first-order valence-corrected chi connectivity index (χ1v) is 11.5. The number of carbonyl (C=O) groups is 2. The van der Waals surface area contributed by atoms with Gasteiger partial charge in [0, 0.05) is 10.8 Å². The molecule has 0 aromatic rings. The Morgan fingerprint density at radius 2 is 2.03 bits per heavy atom. The highest BCUT2D eigenvalue weighted by Crippen LogP contribution is 2.66. The summed E-state index contributed by atoms with van der Waals surface area (Å²) in [5.41, 5.74) is 0.353.